The number of hydrogen-bond acceptors (Lipinski definition) is 4. The van der Waals surface area contributed by atoms with Gasteiger partial charge in [-0.15, -0.1) is 0 Å². The molecule has 1 aliphatic rings. The van der Waals surface area contributed by atoms with Crippen molar-refractivity contribution in [2.75, 3.05) is 5.32 Å². The molecule has 1 amide bonds. The molecule has 2 heterocycles. The Balaban J connectivity index is 1.38. The Morgan fingerprint density at radius 1 is 1.03 bits per heavy atom. The van der Waals surface area contributed by atoms with Crippen molar-refractivity contribution in [1.82, 2.24) is 9.78 Å². The summed E-state index contributed by atoms with van der Waals surface area (Å²) in [6.45, 7) is 1.65. The SMILES string of the molecule is C[C@@H](C(=O)Nc1ccc2c(c1)Cc1ccccc1-2)n1nc(-c2ccco2)ccc1=O. The lowest BCUT2D eigenvalue weighted by molar-refractivity contribution is -0.119. The Labute approximate surface area is 172 Å². The molecule has 0 fully saturated rings. The highest BCUT2D eigenvalue weighted by atomic mass is 16.3. The number of hydrogen-bond donors (Lipinski definition) is 1. The number of anilines is 1. The summed E-state index contributed by atoms with van der Waals surface area (Å²) in [5.74, 6) is 0.228. The zero-order chi connectivity index (χ0) is 20.7. The summed E-state index contributed by atoms with van der Waals surface area (Å²) in [6, 6.07) is 19.9. The molecule has 0 aliphatic heterocycles. The van der Waals surface area contributed by atoms with Crippen LogP contribution in [0.4, 0.5) is 5.69 Å². The number of rotatable bonds is 4. The third kappa shape index (κ3) is 3.12. The maximum atomic E-state index is 12.8. The minimum Gasteiger partial charge on any atom is -0.463 e. The van der Waals surface area contributed by atoms with Gasteiger partial charge >= 0.3 is 0 Å². The smallest absolute Gasteiger partial charge is 0.267 e. The van der Waals surface area contributed by atoms with E-state index in [2.05, 4.69) is 22.5 Å². The molecule has 30 heavy (non-hydrogen) atoms. The monoisotopic (exact) mass is 397 g/mol. The number of furan rings is 1. The summed E-state index contributed by atoms with van der Waals surface area (Å²) in [6.07, 6.45) is 2.38. The van der Waals surface area contributed by atoms with Gasteiger partial charge in [0.1, 0.15) is 11.7 Å². The van der Waals surface area contributed by atoms with E-state index in [0.29, 0.717) is 17.1 Å². The summed E-state index contributed by atoms with van der Waals surface area (Å²) in [4.78, 5) is 25.2. The Hall–Kier alpha value is -3.93. The van der Waals surface area contributed by atoms with E-state index in [9.17, 15) is 9.59 Å². The van der Waals surface area contributed by atoms with Gasteiger partial charge in [0.15, 0.2) is 5.76 Å². The maximum absolute atomic E-state index is 12.8. The average molecular weight is 397 g/mol. The van der Waals surface area contributed by atoms with Crippen LogP contribution in [0.2, 0.25) is 0 Å². The normalized spacial score (nSPS) is 12.8. The predicted molar refractivity (Wildman–Crippen MR) is 114 cm³/mol. The highest BCUT2D eigenvalue weighted by Gasteiger charge is 2.21. The average Bonchev–Trinajstić information content (AvgIpc) is 3.41. The quantitative estimate of drug-likeness (QED) is 0.491. The highest BCUT2D eigenvalue weighted by Crippen LogP contribution is 2.37. The summed E-state index contributed by atoms with van der Waals surface area (Å²) in [5.41, 5.74) is 5.75. The number of nitrogens with zero attached hydrogens (tertiary/aromatic N) is 2. The van der Waals surface area contributed by atoms with E-state index < -0.39 is 6.04 Å². The van der Waals surface area contributed by atoms with Crippen LogP contribution in [0.25, 0.3) is 22.6 Å². The molecule has 6 nitrogen and oxygen atoms in total. The van der Waals surface area contributed by atoms with Crippen LogP contribution in [-0.2, 0) is 11.2 Å². The standard InChI is InChI=1S/C24H19N3O3/c1-15(27-23(28)11-10-21(26-27)22-7-4-12-30-22)24(29)25-18-8-9-20-17(14-18)13-16-5-2-3-6-19(16)20/h2-12,14-15H,13H2,1H3,(H,25,29)/t15-/m0/s1. The molecule has 5 rings (SSSR count). The Morgan fingerprint density at radius 3 is 2.70 bits per heavy atom. The third-order valence-corrected chi connectivity index (χ3v) is 5.41. The van der Waals surface area contributed by atoms with E-state index >= 15 is 0 Å². The second-order valence-electron chi connectivity index (χ2n) is 7.35. The molecule has 0 saturated carbocycles. The zero-order valence-electron chi connectivity index (χ0n) is 16.3. The molecule has 1 atom stereocenters. The number of carbonyl (C=O) groups excluding carboxylic acids is 1. The van der Waals surface area contributed by atoms with E-state index in [1.807, 2.05) is 30.3 Å². The van der Waals surface area contributed by atoms with Crippen molar-refractivity contribution in [2.24, 2.45) is 0 Å². The first kappa shape index (κ1) is 18.1. The van der Waals surface area contributed by atoms with Gasteiger partial charge in [0, 0.05) is 11.8 Å². The number of benzene rings is 2. The molecule has 0 unspecified atom stereocenters. The van der Waals surface area contributed by atoms with Crippen molar-refractivity contribution in [1.29, 1.82) is 0 Å². The van der Waals surface area contributed by atoms with Crippen molar-refractivity contribution in [3.63, 3.8) is 0 Å². The van der Waals surface area contributed by atoms with Gasteiger partial charge in [-0.3, -0.25) is 9.59 Å². The molecular weight excluding hydrogens is 378 g/mol. The lowest BCUT2D eigenvalue weighted by Crippen LogP contribution is -2.33. The fourth-order valence-corrected chi connectivity index (χ4v) is 3.84. The van der Waals surface area contributed by atoms with Crippen LogP contribution in [0, 0.1) is 0 Å². The fraction of sp³-hybridized carbons (Fsp3) is 0.125. The minimum absolute atomic E-state index is 0.309. The van der Waals surface area contributed by atoms with Gasteiger partial charge in [-0.25, -0.2) is 4.68 Å². The fourth-order valence-electron chi connectivity index (χ4n) is 3.84. The van der Waals surface area contributed by atoms with E-state index in [4.69, 9.17) is 4.42 Å². The molecule has 2 aromatic carbocycles. The second-order valence-corrected chi connectivity index (χ2v) is 7.35. The molecule has 4 aromatic rings. The van der Waals surface area contributed by atoms with Gasteiger partial charge < -0.3 is 9.73 Å². The predicted octanol–water partition coefficient (Wildman–Crippen LogP) is 4.27. The molecule has 6 heteroatoms. The molecule has 0 bridgehead atoms. The Bertz CT molecular complexity index is 1310. The van der Waals surface area contributed by atoms with Gasteiger partial charge in [0.25, 0.3) is 5.56 Å². The number of fused-ring (bicyclic) bond motifs is 3. The second kappa shape index (κ2) is 7.15. The molecule has 1 N–H and O–H groups in total. The molecule has 148 valence electrons. The third-order valence-electron chi connectivity index (χ3n) is 5.41. The highest BCUT2D eigenvalue weighted by molar-refractivity contribution is 5.94. The first-order valence-corrected chi connectivity index (χ1v) is 9.76. The summed E-state index contributed by atoms with van der Waals surface area (Å²) >= 11 is 0. The lowest BCUT2D eigenvalue weighted by atomic mass is 10.1. The van der Waals surface area contributed by atoms with Crippen LogP contribution >= 0.6 is 0 Å². The largest absolute Gasteiger partial charge is 0.463 e. The first-order valence-electron chi connectivity index (χ1n) is 9.76. The van der Waals surface area contributed by atoms with Crippen LogP contribution in [0.3, 0.4) is 0 Å². The molecule has 0 saturated heterocycles. The van der Waals surface area contributed by atoms with Crippen molar-refractivity contribution < 1.29 is 9.21 Å². The molecule has 2 aromatic heterocycles. The maximum Gasteiger partial charge on any atom is 0.267 e. The number of nitrogens with one attached hydrogen (secondary N) is 1. The van der Waals surface area contributed by atoms with Crippen molar-refractivity contribution in [2.45, 2.75) is 19.4 Å². The van der Waals surface area contributed by atoms with Crippen LogP contribution < -0.4 is 10.9 Å². The summed E-state index contributed by atoms with van der Waals surface area (Å²) < 4.78 is 6.52. The van der Waals surface area contributed by atoms with E-state index in [-0.39, 0.29) is 11.5 Å². The van der Waals surface area contributed by atoms with Gasteiger partial charge in [0.2, 0.25) is 5.91 Å². The number of aromatic nitrogens is 2. The Kier molecular flexibility index (Phi) is 4.32. The van der Waals surface area contributed by atoms with Gasteiger partial charge in [-0.2, -0.15) is 5.10 Å². The van der Waals surface area contributed by atoms with E-state index in [0.717, 1.165) is 6.42 Å². The summed E-state index contributed by atoms with van der Waals surface area (Å²) in [5, 5.41) is 7.23. The molecule has 0 radical (unpaired) electrons. The topological polar surface area (TPSA) is 77.1 Å². The first-order chi connectivity index (χ1) is 14.6. The number of amides is 1. The van der Waals surface area contributed by atoms with Crippen molar-refractivity contribution in [3.8, 4) is 22.6 Å². The van der Waals surface area contributed by atoms with Gasteiger partial charge in [0.05, 0.1) is 6.26 Å². The molecule has 0 spiro atoms. The van der Waals surface area contributed by atoms with Crippen molar-refractivity contribution in [3.05, 3.63) is 94.5 Å². The number of carbonyl (C=O) groups is 1. The Morgan fingerprint density at radius 2 is 1.87 bits per heavy atom. The zero-order valence-corrected chi connectivity index (χ0v) is 16.3. The van der Waals surface area contributed by atoms with E-state index in [1.165, 1.54) is 39.3 Å². The van der Waals surface area contributed by atoms with Gasteiger partial charge in [-0.05, 0) is 65.9 Å². The van der Waals surface area contributed by atoms with E-state index in [1.54, 1.807) is 25.1 Å². The van der Waals surface area contributed by atoms with Crippen LogP contribution in [-0.4, -0.2) is 15.7 Å². The summed E-state index contributed by atoms with van der Waals surface area (Å²) in [7, 11) is 0. The molecule has 1 aliphatic carbocycles. The molecular formula is C24H19N3O3. The lowest BCUT2D eigenvalue weighted by Gasteiger charge is -2.15. The van der Waals surface area contributed by atoms with Gasteiger partial charge in [-0.1, -0.05) is 30.3 Å². The van der Waals surface area contributed by atoms with Crippen molar-refractivity contribution >= 4 is 11.6 Å². The van der Waals surface area contributed by atoms with Crippen LogP contribution in [0.15, 0.2) is 82.2 Å². The van der Waals surface area contributed by atoms with Crippen LogP contribution in [0.1, 0.15) is 24.1 Å². The minimum atomic E-state index is -0.780. The van der Waals surface area contributed by atoms with Crippen LogP contribution in [0.5, 0.6) is 0 Å².